The van der Waals surface area contributed by atoms with E-state index in [9.17, 15) is 4.79 Å². The molecule has 1 aromatic heterocycles. The van der Waals surface area contributed by atoms with Crippen LogP contribution in [0.4, 0.5) is 16.3 Å². The van der Waals surface area contributed by atoms with Crippen molar-refractivity contribution in [1.82, 2.24) is 4.98 Å². The predicted octanol–water partition coefficient (Wildman–Crippen LogP) is 1.15. The van der Waals surface area contributed by atoms with E-state index in [0.717, 1.165) is 5.56 Å². The van der Waals surface area contributed by atoms with Gasteiger partial charge in [0.25, 0.3) is 0 Å². The van der Waals surface area contributed by atoms with Gasteiger partial charge in [0.1, 0.15) is 0 Å². The number of nitrogens with two attached hydrogens (primary N) is 1. The summed E-state index contributed by atoms with van der Waals surface area (Å²) < 4.78 is 4.39. The van der Waals surface area contributed by atoms with Crippen molar-refractivity contribution >= 4 is 17.6 Å². The van der Waals surface area contributed by atoms with Crippen molar-refractivity contribution in [3.8, 4) is 0 Å². The molecule has 0 aliphatic heterocycles. The van der Waals surface area contributed by atoms with E-state index in [1.807, 2.05) is 6.92 Å². The molecule has 0 fully saturated rings. The maximum absolute atomic E-state index is 10.8. The molecule has 5 heteroatoms. The first-order chi connectivity index (χ1) is 6.13. The lowest BCUT2D eigenvalue weighted by Gasteiger charge is -2.05. The summed E-state index contributed by atoms with van der Waals surface area (Å²) in [5.74, 6) is 0.317. The van der Waals surface area contributed by atoms with Gasteiger partial charge in [0.15, 0.2) is 5.82 Å². The Morgan fingerprint density at radius 3 is 2.92 bits per heavy atom. The first-order valence-electron chi connectivity index (χ1n) is 3.70. The Kier molecular flexibility index (Phi) is 2.69. The summed E-state index contributed by atoms with van der Waals surface area (Å²) >= 11 is 0. The van der Waals surface area contributed by atoms with Gasteiger partial charge in [-0.15, -0.1) is 0 Å². The van der Waals surface area contributed by atoms with Gasteiger partial charge in [0, 0.05) is 6.20 Å². The molecule has 1 heterocycles. The Morgan fingerprint density at radius 1 is 1.69 bits per heavy atom. The lowest BCUT2D eigenvalue weighted by Crippen LogP contribution is -2.13. The number of carbonyl (C=O) groups excluding carboxylic acids is 1. The third kappa shape index (κ3) is 2.33. The van der Waals surface area contributed by atoms with Crippen LogP contribution in [0.2, 0.25) is 0 Å². The summed E-state index contributed by atoms with van der Waals surface area (Å²) in [4.78, 5) is 14.7. The number of amides is 1. The van der Waals surface area contributed by atoms with E-state index in [0.29, 0.717) is 11.5 Å². The highest BCUT2D eigenvalue weighted by molar-refractivity contribution is 5.86. The second kappa shape index (κ2) is 3.75. The number of aromatic nitrogens is 1. The van der Waals surface area contributed by atoms with Gasteiger partial charge in [-0.3, -0.25) is 5.32 Å². The fourth-order valence-electron chi connectivity index (χ4n) is 0.844. The Labute approximate surface area is 75.9 Å². The van der Waals surface area contributed by atoms with E-state index in [-0.39, 0.29) is 0 Å². The number of ether oxygens (including phenoxy) is 1. The first kappa shape index (κ1) is 9.31. The minimum atomic E-state index is -0.581. The van der Waals surface area contributed by atoms with E-state index < -0.39 is 6.09 Å². The SMILES string of the molecule is COC(=O)Nc1ncc(C)cc1N. The average molecular weight is 181 g/mol. The van der Waals surface area contributed by atoms with Gasteiger partial charge in [0.05, 0.1) is 12.8 Å². The molecule has 0 saturated carbocycles. The molecule has 0 aliphatic rings. The molecule has 1 aromatic rings. The fraction of sp³-hybridized carbons (Fsp3) is 0.250. The van der Waals surface area contributed by atoms with Crippen LogP contribution in [-0.4, -0.2) is 18.2 Å². The van der Waals surface area contributed by atoms with Gasteiger partial charge in [-0.25, -0.2) is 9.78 Å². The normalized spacial score (nSPS) is 9.38. The van der Waals surface area contributed by atoms with Crippen LogP contribution in [0.5, 0.6) is 0 Å². The van der Waals surface area contributed by atoms with Gasteiger partial charge in [-0.05, 0) is 18.6 Å². The largest absolute Gasteiger partial charge is 0.453 e. The number of aryl methyl sites for hydroxylation is 1. The summed E-state index contributed by atoms with van der Waals surface area (Å²) in [6.45, 7) is 1.87. The molecule has 0 aromatic carbocycles. The molecular formula is C8H11N3O2. The highest BCUT2D eigenvalue weighted by Crippen LogP contribution is 2.15. The summed E-state index contributed by atoms with van der Waals surface area (Å²) in [5.41, 5.74) is 6.95. The van der Waals surface area contributed by atoms with Crippen LogP contribution in [0.1, 0.15) is 5.56 Å². The highest BCUT2D eigenvalue weighted by Gasteiger charge is 2.04. The number of rotatable bonds is 1. The molecule has 0 radical (unpaired) electrons. The molecular weight excluding hydrogens is 170 g/mol. The standard InChI is InChI=1S/C8H11N3O2/c1-5-3-6(9)7(10-4-5)11-8(12)13-2/h3-4H,9H2,1-2H3,(H,10,11,12). The van der Waals surface area contributed by atoms with Crippen LogP contribution in [0.3, 0.4) is 0 Å². The zero-order valence-electron chi connectivity index (χ0n) is 7.50. The maximum atomic E-state index is 10.8. The van der Waals surface area contributed by atoms with Gasteiger partial charge in [-0.1, -0.05) is 0 Å². The van der Waals surface area contributed by atoms with E-state index in [1.165, 1.54) is 7.11 Å². The molecule has 1 rings (SSSR count). The number of hydrogen-bond donors (Lipinski definition) is 2. The fourth-order valence-corrected chi connectivity index (χ4v) is 0.844. The third-order valence-electron chi connectivity index (χ3n) is 1.46. The number of nitrogen functional groups attached to an aromatic ring is 1. The van der Waals surface area contributed by atoms with Crippen LogP contribution >= 0.6 is 0 Å². The zero-order valence-corrected chi connectivity index (χ0v) is 7.50. The lowest BCUT2D eigenvalue weighted by atomic mass is 10.3. The minimum absolute atomic E-state index is 0.317. The number of nitrogens with one attached hydrogen (secondary N) is 1. The van der Waals surface area contributed by atoms with Crippen molar-refractivity contribution in [3.63, 3.8) is 0 Å². The summed E-state index contributed by atoms with van der Waals surface area (Å²) in [6.07, 6.45) is 1.03. The van der Waals surface area contributed by atoms with E-state index in [4.69, 9.17) is 5.73 Å². The summed E-state index contributed by atoms with van der Waals surface area (Å²) in [6, 6.07) is 1.72. The molecule has 5 nitrogen and oxygen atoms in total. The molecule has 0 aliphatic carbocycles. The van der Waals surface area contributed by atoms with Crippen molar-refractivity contribution < 1.29 is 9.53 Å². The van der Waals surface area contributed by atoms with Gasteiger partial charge in [-0.2, -0.15) is 0 Å². The molecule has 0 spiro atoms. The molecule has 0 unspecified atom stereocenters. The maximum Gasteiger partial charge on any atom is 0.412 e. The number of nitrogens with zero attached hydrogens (tertiary/aromatic N) is 1. The van der Waals surface area contributed by atoms with Crippen LogP contribution in [0.15, 0.2) is 12.3 Å². The van der Waals surface area contributed by atoms with E-state index in [1.54, 1.807) is 12.3 Å². The first-order valence-corrected chi connectivity index (χ1v) is 3.70. The molecule has 1 amide bonds. The second-order valence-electron chi connectivity index (χ2n) is 2.57. The van der Waals surface area contributed by atoms with Crippen LogP contribution in [0.25, 0.3) is 0 Å². The molecule has 0 atom stereocenters. The third-order valence-corrected chi connectivity index (χ3v) is 1.46. The predicted molar refractivity (Wildman–Crippen MR) is 49.4 cm³/mol. The van der Waals surface area contributed by atoms with E-state index in [2.05, 4.69) is 15.0 Å². The second-order valence-corrected chi connectivity index (χ2v) is 2.57. The average Bonchev–Trinajstić information content (AvgIpc) is 2.09. The number of methoxy groups -OCH3 is 1. The molecule has 3 N–H and O–H groups in total. The zero-order chi connectivity index (χ0) is 9.84. The molecule has 70 valence electrons. The van der Waals surface area contributed by atoms with Crippen molar-refractivity contribution in [3.05, 3.63) is 17.8 Å². The number of hydrogen-bond acceptors (Lipinski definition) is 4. The van der Waals surface area contributed by atoms with Crippen LogP contribution in [-0.2, 0) is 4.74 Å². The van der Waals surface area contributed by atoms with Gasteiger partial charge in [0.2, 0.25) is 0 Å². The number of anilines is 2. The summed E-state index contributed by atoms with van der Waals surface area (Å²) in [5, 5.41) is 2.39. The lowest BCUT2D eigenvalue weighted by molar-refractivity contribution is 0.187. The Balaban J connectivity index is 2.83. The smallest absolute Gasteiger partial charge is 0.412 e. The summed E-state index contributed by atoms with van der Waals surface area (Å²) in [7, 11) is 1.28. The van der Waals surface area contributed by atoms with Crippen LogP contribution in [0, 0.1) is 6.92 Å². The number of carbonyl (C=O) groups is 1. The van der Waals surface area contributed by atoms with Gasteiger partial charge < -0.3 is 10.5 Å². The quantitative estimate of drug-likeness (QED) is 0.681. The van der Waals surface area contributed by atoms with Crippen LogP contribution < -0.4 is 11.1 Å². The highest BCUT2D eigenvalue weighted by atomic mass is 16.5. The Hall–Kier alpha value is -1.78. The molecule has 13 heavy (non-hydrogen) atoms. The monoisotopic (exact) mass is 181 g/mol. The van der Waals surface area contributed by atoms with Gasteiger partial charge >= 0.3 is 6.09 Å². The molecule has 0 saturated heterocycles. The van der Waals surface area contributed by atoms with Crippen molar-refractivity contribution in [2.75, 3.05) is 18.2 Å². The van der Waals surface area contributed by atoms with Crippen molar-refractivity contribution in [1.29, 1.82) is 0 Å². The van der Waals surface area contributed by atoms with E-state index >= 15 is 0 Å². The minimum Gasteiger partial charge on any atom is -0.453 e. The number of pyridine rings is 1. The molecule has 0 bridgehead atoms. The Morgan fingerprint density at radius 2 is 2.38 bits per heavy atom. The topological polar surface area (TPSA) is 77.2 Å². The van der Waals surface area contributed by atoms with Crippen molar-refractivity contribution in [2.24, 2.45) is 0 Å². The van der Waals surface area contributed by atoms with Crippen molar-refractivity contribution in [2.45, 2.75) is 6.92 Å². The Bertz CT molecular complexity index is 325.